The maximum absolute atomic E-state index is 12.3. The second kappa shape index (κ2) is 10.8. The molecule has 156 valence electrons. The van der Waals surface area contributed by atoms with Gasteiger partial charge in [0.15, 0.2) is 0 Å². The first-order valence-corrected chi connectivity index (χ1v) is 15.6. The molecule has 0 aromatic heterocycles. The van der Waals surface area contributed by atoms with Crippen LogP contribution in [0.1, 0.15) is 46.5 Å². The number of carbonyl (C=O) groups excluding carboxylic acids is 2. The highest BCUT2D eigenvalue weighted by Crippen LogP contribution is 2.46. The fourth-order valence-electron chi connectivity index (χ4n) is 4.27. The molecular formula is C19H36N2O2S3Si. The van der Waals surface area contributed by atoms with Crippen LogP contribution in [-0.2, 0) is 0 Å². The van der Waals surface area contributed by atoms with Crippen LogP contribution in [0.15, 0.2) is 0 Å². The molecule has 0 aromatic rings. The first-order chi connectivity index (χ1) is 12.7. The lowest BCUT2D eigenvalue weighted by Gasteiger charge is -2.46. The molecule has 0 aromatic carbocycles. The van der Waals surface area contributed by atoms with Crippen molar-refractivity contribution in [1.82, 2.24) is 10.6 Å². The molecule has 27 heavy (non-hydrogen) atoms. The first-order valence-electron chi connectivity index (χ1n) is 10.2. The van der Waals surface area contributed by atoms with Crippen molar-refractivity contribution in [3.63, 3.8) is 0 Å². The molecule has 3 atom stereocenters. The number of hydrogen-bond acceptors (Lipinski definition) is 5. The Hall–Kier alpha value is 0.207. The number of nitrogens with one attached hydrogen (secondary N) is 2. The van der Waals surface area contributed by atoms with E-state index in [0.29, 0.717) is 11.8 Å². The monoisotopic (exact) mass is 448 g/mol. The molecule has 2 aliphatic rings. The zero-order chi connectivity index (χ0) is 19.9. The summed E-state index contributed by atoms with van der Waals surface area (Å²) in [5.41, 5.74) is 0.203. The van der Waals surface area contributed by atoms with Crippen molar-refractivity contribution >= 4 is 55.3 Å². The number of rotatable bonds is 9. The maximum Gasteiger partial charge on any atom is 0.279 e. The quantitative estimate of drug-likeness (QED) is 0.307. The molecule has 1 saturated carbocycles. The predicted molar refractivity (Wildman–Crippen MR) is 126 cm³/mol. The summed E-state index contributed by atoms with van der Waals surface area (Å²) >= 11 is 4.79. The summed E-state index contributed by atoms with van der Waals surface area (Å²) in [6.45, 7) is 9.83. The van der Waals surface area contributed by atoms with E-state index in [1.54, 1.807) is 0 Å². The van der Waals surface area contributed by atoms with E-state index in [2.05, 4.69) is 38.0 Å². The number of amides is 2. The van der Waals surface area contributed by atoms with Gasteiger partial charge in [0.25, 0.3) is 10.5 Å². The van der Waals surface area contributed by atoms with Gasteiger partial charge >= 0.3 is 0 Å². The molecule has 3 unspecified atom stereocenters. The van der Waals surface area contributed by atoms with E-state index in [4.69, 9.17) is 0 Å². The molecule has 1 aliphatic carbocycles. The van der Waals surface area contributed by atoms with Crippen LogP contribution in [0.2, 0.25) is 12.6 Å². The van der Waals surface area contributed by atoms with Crippen LogP contribution < -0.4 is 10.6 Å². The third-order valence-corrected chi connectivity index (χ3v) is 9.45. The molecule has 2 amide bonds. The molecular weight excluding hydrogens is 413 g/mol. The molecule has 0 radical (unpaired) electrons. The summed E-state index contributed by atoms with van der Waals surface area (Å²) in [4.78, 5) is 24.4. The first kappa shape index (κ1) is 23.5. The third-order valence-electron chi connectivity index (χ3n) is 5.21. The lowest BCUT2D eigenvalue weighted by molar-refractivity contribution is 0.0772. The minimum atomic E-state index is 0.0305. The van der Waals surface area contributed by atoms with Gasteiger partial charge in [0, 0.05) is 44.6 Å². The highest BCUT2D eigenvalue weighted by molar-refractivity contribution is 8.15. The average Bonchev–Trinajstić information content (AvgIpc) is 3.37. The summed E-state index contributed by atoms with van der Waals surface area (Å²) in [6.07, 6.45) is 4.19. The van der Waals surface area contributed by atoms with Crippen LogP contribution in [0.5, 0.6) is 0 Å². The van der Waals surface area contributed by atoms with Gasteiger partial charge in [-0.2, -0.15) is 11.8 Å². The Bertz CT molecular complexity index is 517. The molecule has 4 nitrogen and oxygen atoms in total. The summed E-state index contributed by atoms with van der Waals surface area (Å²) in [5, 5.41) is 7.30. The Morgan fingerprint density at radius 2 is 1.93 bits per heavy atom. The average molecular weight is 449 g/mol. The van der Waals surface area contributed by atoms with Crippen LogP contribution in [0.25, 0.3) is 0 Å². The van der Waals surface area contributed by atoms with Gasteiger partial charge < -0.3 is 10.6 Å². The Morgan fingerprint density at radius 3 is 2.59 bits per heavy atom. The second-order valence-corrected chi connectivity index (χ2v) is 14.3. The van der Waals surface area contributed by atoms with Crippen molar-refractivity contribution in [3.05, 3.63) is 0 Å². The summed E-state index contributed by atoms with van der Waals surface area (Å²) < 4.78 is 0. The summed E-state index contributed by atoms with van der Waals surface area (Å²) in [7, 11) is 0.114. The molecule has 1 aliphatic heterocycles. The highest BCUT2D eigenvalue weighted by atomic mass is 32.2. The number of hydrogen-bond donors (Lipinski definition) is 2. The molecule has 1 saturated heterocycles. The lowest BCUT2D eigenvalue weighted by atomic mass is 9.62. The van der Waals surface area contributed by atoms with E-state index in [1.807, 2.05) is 11.8 Å². The Balaban J connectivity index is 1.79. The van der Waals surface area contributed by atoms with E-state index in [0.717, 1.165) is 37.2 Å². The molecule has 0 bridgehead atoms. The Labute approximate surface area is 180 Å². The Morgan fingerprint density at radius 1 is 1.19 bits per heavy atom. The summed E-state index contributed by atoms with van der Waals surface area (Å²) in [6, 6.07) is 1.53. The van der Waals surface area contributed by atoms with Crippen molar-refractivity contribution in [1.29, 1.82) is 0 Å². The van der Waals surface area contributed by atoms with Gasteiger partial charge in [-0.1, -0.05) is 56.9 Å². The van der Waals surface area contributed by atoms with Gasteiger partial charge in [0.1, 0.15) is 0 Å². The highest BCUT2D eigenvalue weighted by Gasteiger charge is 2.41. The molecule has 2 fully saturated rings. The lowest BCUT2D eigenvalue weighted by Crippen LogP contribution is -2.49. The van der Waals surface area contributed by atoms with Crippen molar-refractivity contribution < 1.29 is 9.59 Å². The fraction of sp³-hybridized carbons (Fsp3) is 0.895. The number of carbonyl (C=O) groups is 2. The zero-order valence-electron chi connectivity index (χ0n) is 17.3. The van der Waals surface area contributed by atoms with Gasteiger partial charge in [-0.15, -0.1) is 0 Å². The molecule has 2 N–H and O–H groups in total. The van der Waals surface area contributed by atoms with E-state index < -0.39 is 0 Å². The minimum absolute atomic E-state index is 0.0305. The largest absolute Gasteiger partial charge is 0.346 e. The second-order valence-electron chi connectivity index (χ2n) is 9.15. The van der Waals surface area contributed by atoms with Crippen LogP contribution in [-0.4, -0.2) is 55.1 Å². The summed E-state index contributed by atoms with van der Waals surface area (Å²) in [5.74, 6) is 3.06. The van der Waals surface area contributed by atoms with E-state index in [-0.39, 0.29) is 36.9 Å². The van der Waals surface area contributed by atoms with Crippen molar-refractivity contribution in [2.45, 2.75) is 70.3 Å². The maximum atomic E-state index is 12.3. The number of thioether (sulfide) groups is 3. The minimum Gasteiger partial charge on any atom is -0.346 e. The van der Waals surface area contributed by atoms with E-state index in [1.165, 1.54) is 35.3 Å². The van der Waals surface area contributed by atoms with Crippen LogP contribution >= 0.6 is 35.3 Å². The molecule has 1 heterocycles. The fourth-order valence-corrected chi connectivity index (χ4v) is 7.78. The van der Waals surface area contributed by atoms with Gasteiger partial charge in [0.2, 0.25) is 0 Å². The van der Waals surface area contributed by atoms with Crippen molar-refractivity contribution in [3.8, 4) is 0 Å². The molecule has 8 heteroatoms. The predicted octanol–water partition coefficient (Wildman–Crippen LogP) is 4.60. The van der Waals surface area contributed by atoms with Crippen LogP contribution in [0.4, 0.5) is 9.59 Å². The molecule has 0 spiro atoms. The normalized spacial score (nSPS) is 29.6. The van der Waals surface area contributed by atoms with Crippen molar-refractivity contribution in [2.24, 2.45) is 10.8 Å². The van der Waals surface area contributed by atoms with E-state index in [9.17, 15) is 9.59 Å². The SMILES string of the molecule is C[SiH2]CCCSC(=O)NC1CC(C)(C)CC(C)(CNC(=O)SCC2CS2)C1. The smallest absolute Gasteiger partial charge is 0.279 e. The Kier molecular flexibility index (Phi) is 9.42. The third kappa shape index (κ3) is 9.50. The molecule has 2 rings (SSSR count). The standard InChI is InChI=1S/C19H36N2O2S3Si/c1-18(2)8-14(21-17(23)24-6-5-7-27-4)9-19(3,12-18)13-20-16(22)26-11-15-10-25-15/h14-15H,5-13,27H2,1-4H3,(H,20,22)(H,21,23). The van der Waals surface area contributed by atoms with Crippen LogP contribution in [0.3, 0.4) is 0 Å². The van der Waals surface area contributed by atoms with Crippen molar-refractivity contribution in [2.75, 3.05) is 23.8 Å². The van der Waals surface area contributed by atoms with Gasteiger partial charge in [-0.05, 0) is 36.5 Å². The van der Waals surface area contributed by atoms with E-state index >= 15 is 0 Å². The van der Waals surface area contributed by atoms with Crippen LogP contribution in [0, 0.1) is 10.8 Å². The zero-order valence-corrected chi connectivity index (χ0v) is 21.1. The van der Waals surface area contributed by atoms with Gasteiger partial charge in [0.05, 0.1) is 0 Å². The van der Waals surface area contributed by atoms with Gasteiger partial charge in [-0.25, -0.2) is 0 Å². The van der Waals surface area contributed by atoms with Gasteiger partial charge in [-0.3, -0.25) is 9.59 Å². The topological polar surface area (TPSA) is 58.2 Å².